The predicted molar refractivity (Wildman–Crippen MR) is 120 cm³/mol. The number of sulfonamides is 2. The maximum atomic E-state index is 13.3. The molecule has 1 atom stereocenters. The standard InChI is InChI=1S/C19H30N4O7S2/c1-4-30-19(3)8-10-22(11-9-19)32(28,29)17-6-5-16(18(14(17)2)23(24)25)20-13-15-7-12-31(26,27)21-15/h5-6,15,20-21H,4,7-13H2,1-3H3. The Hall–Kier alpha value is -1.80. The summed E-state index contributed by atoms with van der Waals surface area (Å²) in [5, 5.41) is 14.7. The van der Waals surface area contributed by atoms with Crippen molar-refractivity contribution in [2.75, 3.05) is 37.3 Å². The van der Waals surface area contributed by atoms with E-state index in [0.717, 1.165) is 0 Å². The van der Waals surface area contributed by atoms with Gasteiger partial charge < -0.3 is 10.1 Å². The van der Waals surface area contributed by atoms with Gasteiger partial charge in [0.15, 0.2) is 0 Å². The molecule has 180 valence electrons. The molecule has 0 radical (unpaired) electrons. The van der Waals surface area contributed by atoms with Crippen LogP contribution >= 0.6 is 0 Å². The number of piperidine rings is 1. The van der Waals surface area contributed by atoms with Crippen LogP contribution in [0.25, 0.3) is 0 Å². The van der Waals surface area contributed by atoms with E-state index >= 15 is 0 Å². The minimum absolute atomic E-state index is 0.00975. The summed E-state index contributed by atoms with van der Waals surface area (Å²) in [6.07, 6.45) is 1.47. The topological polar surface area (TPSA) is 148 Å². The Morgan fingerprint density at radius 3 is 2.53 bits per heavy atom. The molecule has 0 saturated carbocycles. The number of rotatable bonds is 8. The number of anilines is 1. The van der Waals surface area contributed by atoms with E-state index in [1.54, 1.807) is 0 Å². The van der Waals surface area contributed by atoms with Crippen LogP contribution in [0, 0.1) is 17.0 Å². The first-order chi connectivity index (χ1) is 14.9. The van der Waals surface area contributed by atoms with Crippen LogP contribution in [0.3, 0.4) is 0 Å². The molecular weight excluding hydrogens is 460 g/mol. The van der Waals surface area contributed by atoms with Crippen molar-refractivity contribution in [3.05, 3.63) is 27.8 Å². The van der Waals surface area contributed by atoms with E-state index in [1.165, 1.54) is 23.4 Å². The molecule has 1 unspecified atom stereocenters. The molecule has 3 rings (SSSR count). The number of hydrogen-bond donors (Lipinski definition) is 2. The molecular formula is C19H30N4O7S2. The van der Waals surface area contributed by atoms with Crippen molar-refractivity contribution in [1.82, 2.24) is 9.03 Å². The maximum absolute atomic E-state index is 13.3. The fourth-order valence-electron chi connectivity index (χ4n) is 4.22. The molecule has 13 heteroatoms. The van der Waals surface area contributed by atoms with Crippen molar-refractivity contribution >= 4 is 31.4 Å². The van der Waals surface area contributed by atoms with Crippen LogP contribution < -0.4 is 10.0 Å². The molecule has 0 aromatic heterocycles. The molecule has 2 fully saturated rings. The Bertz CT molecular complexity index is 1080. The zero-order valence-corrected chi connectivity index (χ0v) is 20.1. The van der Waals surface area contributed by atoms with E-state index in [1.807, 2.05) is 13.8 Å². The van der Waals surface area contributed by atoms with Gasteiger partial charge in [-0.3, -0.25) is 10.1 Å². The molecule has 11 nitrogen and oxygen atoms in total. The SMILES string of the molecule is CCOC1(C)CCN(S(=O)(=O)c2ccc(NCC3CCS(=O)(=O)N3)c([N+](=O)[O-])c2C)CC1. The van der Waals surface area contributed by atoms with Gasteiger partial charge in [0.2, 0.25) is 20.0 Å². The summed E-state index contributed by atoms with van der Waals surface area (Å²) in [7, 11) is -7.23. The number of nitrogens with one attached hydrogen (secondary N) is 2. The van der Waals surface area contributed by atoms with Crippen molar-refractivity contribution in [2.24, 2.45) is 0 Å². The quantitative estimate of drug-likeness (QED) is 0.412. The molecule has 0 spiro atoms. The number of nitrogens with zero attached hydrogens (tertiary/aromatic N) is 2. The van der Waals surface area contributed by atoms with E-state index in [-0.39, 0.29) is 58.9 Å². The van der Waals surface area contributed by atoms with Gasteiger partial charge in [0.25, 0.3) is 5.69 Å². The summed E-state index contributed by atoms with van der Waals surface area (Å²) in [4.78, 5) is 11.1. The first-order valence-electron chi connectivity index (χ1n) is 10.5. The lowest BCUT2D eigenvalue weighted by molar-refractivity contribution is -0.384. The van der Waals surface area contributed by atoms with Gasteiger partial charge in [0.1, 0.15) is 5.69 Å². The van der Waals surface area contributed by atoms with Crippen LogP contribution in [0.5, 0.6) is 0 Å². The number of nitro groups is 1. The predicted octanol–water partition coefficient (Wildman–Crippen LogP) is 1.59. The lowest BCUT2D eigenvalue weighted by atomic mass is 9.95. The highest BCUT2D eigenvalue weighted by Crippen LogP contribution is 2.36. The van der Waals surface area contributed by atoms with Crippen molar-refractivity contribution in [2.45, 2.75) is 56.6 Å². The third-order valence-electron chi connectivity index (χ3n) is 6.07. The Labute approximate surface area is 188 Å². The van der Waals surface area contributed by atoms with Crippen molar-refractivity contribution < 1.29 is 26.5 Å². The van der Waals surface area contributed by atoms with Gasteiger partial charge in [-0.15, -0.1) is 0 Å². The second-order valence-corrected chi connectivity index (χ2v) is 12.2. The van der Waals surface area contributed by atoms with Gasteiger partial charge in [-0.25, -0.2) is 21.6 Å². The zero-order valence-electron chi connectivity index (χ0n) is 18.5. The highest BCUT2D eigenvalue weighted by atomic mass is 32.2. The molecule has 2 saturated heterocycles. The third-order valence-corrected chi connectivity index (χ3v) is 9.58. The van der Waals surface area contributed by atoms with Crippen LogP contribution in [0.1, 0.15) is 38.7 Å². The number of hydrogen-bond acceptors (Lipinski definition) is 8. The fourth-order valence-corrected chi connectivity index (χ4v) is 7.30. The second-order valence-electron chi connectivity index (χ2n) is 8.43. The molecule has 2 heterocycles. The van der Waals surface area contributed by atoms with Crippen LogP contribution in [-0.2, 0) is 24.8 Å². The minimum atomic E-state index is -3.92. The van der Waals surface area contributed by atoms with Crippen molar-refractivity contribution in [3.8, 4) is 0 Å². The van der Waals surface area contributed by atoms with Crippen molar-refractivity contribution in [3.63, 3.8) is 0 Å². The Balaban J connectivity index is 1.82. The largest absolute Gasteiger partial charge is 0.378 e. The average molecular weight is 491 g/mol. The fraction of sp³-hybridized carbons (Fsp3) is 0.684. The molecule has 0 amide bonds. The molecule has 1 aromatic rings. The highest BCUT2D eigenvalue weighted by molar-refractivity contribution is 7.89. The first-order valence-corrected chi connectivity index (χ1v) is 13.6. The number of nitro benzene ring substituents is 1. The highest BCUT2D eigenvalue weighted by Gasteiger charge is 2.38. The third kappa shape index (κ3) is 5.22. The summed E-state index contributed by atoms with van der Waals surface area (Å²) >= 11 is 0. The van der Waals surface area contributed by atoms with Crippen LogP contribution in [0.2, 0.25) is 0 Å². The smallest absolute Gasteiger partial charge is 0.296 e. The molecule has 32 heavy (non-hydrogen) atoms. The van der Waals surface area contributed by atoms with Gasteiger partial charge in [0.05, 0.1) is 21.2 Å². The van der Waals surface area contributed by atoms with Crippen molar-refractivity contribution in [1.29, 1.82) is 0 Å². The van der Waals surface area contributed by atoms with E-state index in [2.05, 4.69) is 10.0 Å². The Kier molecular flexibility index (Phi) is 7.15. The second kappa shape index (κ2) is 9.21. The average Bonchev–Trinajstić information content (AvgIpc) is 3.05. The van der Waals surface area contributed by atoms with E-state index in [9.17, 15) is 26.9 Å². The van der Waals surface area contributed by atoms with Crippen LogP contribution in [0.4, 0.5) is 11.4 Å². The van der Waals surface area contributed by atoms with Gasteiger partial charge in [0, 0.05) is 37.8 Å². The summed E-state index contributed by atoms with van der Waals surface area (Å²) in [6, 6.07) is 2.36. The van der Waals surface area contributed by atoms with E-state index in [0.29, 0.717) is 25.9 Å². The summed E-state index contributed by atoms with van der Waals surface area (Å²) < 4.78 is 59.2. The maximum Gasteiger partial charge on any atom is 0.296 e. The van der Waals surface area contributed by atoms with E-state index < -0.39 is 25.0 Å². The monoisotopic (exact) mass is 490 g/mol. The van der Waals surface area contributed by atoms with Crippen LogP contribution in [-0.4, -0.2) is 69.7 Å². The summed E-state index contributed by atoms with van der Waals surface area (Å²) in [6.45, 7) is 6.53. The normalized spacial score (nSPS) is 23.2. The number of benzene rings is 1. The molecule has 1 aromatic carbocycles. The number of ether oxygens (including phenoxy) is 1. The van der Waals surface area contributed by atoms with Crippen LogP contribution in [0.15, 0.2) is 17.0 Å². The van der Waals surface area contributed by atoms with E-state index in [4.69, 9.17) is 4.74 Å². The van der Waals surface area contributed by atoms with Gasteiger partial charge in [-0.2, -0.15) is 4.31 Å². The minimum Gasteiger partial charge on any atom is -0.378 e. The van der Waals surface area contributed by atoms with Gasteiger partial charge >= 0.3 is 0 Å². The van der Waals surface area contributed by atoms with Gasteiger partial charge in [-0.1, -0.05) is 0 Å². The summed E-state index contributed by atoms with van der Waals surface area (Å²) in [5.41, 5.74) is -0.509. The molecule has 2 aliphatic heterocycles. The lowest BCUT2D eigenvalue weighted by Gasteiger charge is -2.38. The molecule has 2 N–H and O–H groups in total. The summed E-state index contributed by atoms with van der Waals surface area (Å²) in [5.74, 6) is 0.00975. The lowest BCUT2D eigenvalue weighted by Crippen LogP contribution is -2.46. The molecule has 0 bridgehead atoms. The zero-order chi connectivity index (χ0) is 23.7. The Morgan fingerprint density at radius 1 is 1.34 bits per heavy atom. The molecule has 2 aliphatic rings. The van der Waals surface area contributed by atoms with Gasteiger partial charge in [-0.05, 0) is 52.2 Å². The Morgan fingerprint density at radius 2 is 2.00 bits per heavy atom. The molecule has 0 aliphatic carbocycles. The first kappa shape index (κ1) is 24.8.